The number of ether oxygens (including phenoxy) is 2. The summed E-state index contributed by atoms with van der Waals surface area (Å²) in [6.45, 7) is 0.842. The molecule has 1 aliphatic heterocycles. The van der Waals surface area contributed by atoms with E-state index in [4.69, 9.17) is 13.8 Å². The van der Waals surface area contributed by atoms with Crippen LogP contribution in [0.2, 0.25) is 0 Å². The Kier molecular flexibility index (Phi) is 9.76. The number of esters is 1. The van der Waals surface area contributed by atoms with Crippen LogP contribution < -0.4 is 20.9 Å². The van der Waals surface area contributed by atoms with Crippen LogP contribution in [0.4, 0.5) is 5.69 Å². The molecule has 0 radical (unpaired) electrons. The van der Waals surface area contributed by atoms with Gasteiger partial charge in [-0.1, -0.05) is 15.9 Å². The van der Waals surface area contributed by atoms with Crippen LogP contribution in [0, 0.1) is 10.1 Å². The fourth-order valence-corrected chi connectivity index (χ4v) is 5.22. The number of non-ortho nitro benzene ring substituents is 1. The van der Waals surface area contributed by atoms with Crippen molar-refractivity contribution in [1.82, 2.24) is 14.6 Å². The van der Waals surface area contributed by atoms with Gasteiger partial charge in [0.1, 0.15) is 24.1 Å². The van der Waals surface area contributed by atoms with Crippen molar-refractivity contribution >= 4 is 41.4 Å². The van der Waals surface area contributed by atoms with Crippen molar-refractivity contribution in [3.63, 3.8) is 0 Å². The summed E-state index contributed by atoms with van der Waals surface area (Å²) in [5.74, 6) is -0.842. The number of H-pyrrole nitrogens is 1. The van der Waals surface area contributed by atoms with Gasteiger partial charge in [-0.3, -0.25) is 33.8 Å². The Bertz CT molecular complexity index is 1360. The van der Waals surface area contributed by atoms with E-state index in [0.717, 1.165) is 23.8 Å². The molecule has 1 aromatic carbocycles. The third-order valence-corrected chi connectivity index (χ3v) is 7.25. The fourth-order valence-electron chi connectivity index (χ4n) is 3.43. The smallest absolute Gasteiger partial charge is 0.459 e. The van der Waals surface area contributed by atoms with Crippen LogP contribution in [0.5, 0.6) is 5.75 Å². The minimum Gasteiger partial charge on any atom is -0.468 e. The van der Waals surface area contributed by atoms with Gasteiger partial charge in [0.25, 0.3) is 11.2 Å². The van der Waals surface area contributed by atoms with Crippen LogP contribution in [0.1, 0.15) is 25.1 Å². The monoisotopic (exact) mass is 618 g/mol. The van der Waals surface area contributed by atoms with E-state index in [1.54, 1.807) is 0 Å². The molecule has 0 spiro atoms. The number of hydrogen-bond acceptors (Lipinski definition) is 11. The van der Waals surface area contributed by atoms with Crippen LogP contribution in [-0.2, 0) is 23.4 Å². The SMILES string of the molecule is COC(=O)[C@H](C)NP(=O)(OC[C@H]1O[C@@H](n2cc(/C=C/Br)c(=O)[nH]c2=O)CC1O)Oc1ccc([N+](=O)[O-])cc1. The molecule has 1 fully saturated rings. The molecule has 3 N–H and O–H groups in total. The van der Waals surface area contributed by atoms with Gasteiger partial charge in [0.2, 0.25) is 0 Å². The molecule has 2 aromatic rings. The summed E-state index contributed by atoms with van der Waals surface area (Å²) < 4.78 is 35.8. The summed E-state index contributed by atoms with van der Waals surface area (Å²) in [5, 5.41) is 23.8. The number of methoxy groups -OCH3 is 1. The largest absolute Gasteiger partial charge is 0.468 e. The molecule has 38 heavy (non-hydrogen) atoms. The zero-order valence-corrected chi connectivity index (χ0v) is 22.5. The summed E-state index contributed by atoms with van der Waals surface area (Å²) >= 11 is 3.06. The Hall–Kier alpha value is -3.14. The number of nitrogens with zero attached hydrogens (tertiary/aromatic N) is 2. The first-order valence-corrected chi connectivity index (χ1v) is 13.4. The second-order valence-electron chi connectivity index (χ2n) is 7.99. The minimum absolute atomic E-state index is 0.0586. The predicted octanol–water partition coefficient (Wildman–Crippen LogP) is 1.81. The van der Waals surface area contributed by atoms with E-state index in [0.29, 0.717) is 0 Å². The van der Waals surface area contributed by atoms with Crippen LogP contribution in [0.3, 0.4) is 0 Å². The highest BCUT2D eigenvalue weighted by Gasteiger charge is 2.39. The van der Waals surface area contributed by atoms with E-state index < -0.39 is 61.0 Å². The first-order chi connectivity index (χ1) is 18.0. The van der Waals surface area contributed by atoms with Gasteiger partial charge in [-0.05, 0) is 30.1 Å². The number of carbonyl (C=O) groups is 1. The lowest BCUT2D eigenvalue weighted by Crippen LogP contribution is -2.36. The highest BCUT2D eigenvalue weighted by atomic mass is 79.9. The number of nitrogens with one attached hydrogen (secondary N) is 2. The third kappa shape index (κ3) is 7.24. The highest BCUT2D eigenvalue weighted by Crippen LogP contribution is 2.46. The summed E-state index contributed by atoms with van der Waals surface area (Å²) in [4.78, 5) is 50.0. The number of carbonyl (C=O) groups excluding carboxylic acids is 1. The zero-order valence-electron chi connectivity index (χ0n) is 20.0. The Morgan fingerprint density at radius 1 is 1.42 bits per heavy atom. The number of benzene rings is 1. The number of hydrogen-bond donors (Lipinski definition) is 3. The molecule has 0 amide bonds. The number of rotatable bonds is 11. The van der Waals surface area contributed by atoms with Gasteiger partial charge in [-0.2, -0.15) is 5.09 Å². The minimum atomic E-state index is -4.35. The average molecular weight is 619 g/mol. The number of aliphatic hydroxyl groups is 1. The molecule has 2 unspecified atom stereocenters. The Labute approximate surface area is 223 Å². The van der Waals surface area contributed by atoms with E-state index in [1.807, 2.05) is 0 Å². The number of aliphatic hydroxyl groups excluding tert-OH is 1. The molecule has 0 saturated carbocycles. The van der Waals surface area contributed by atoms with Crippen molar-refractivity contribution in [2.45, 2.75) is 37.8 Å². The number of aromatic nitrogens is 2. The predicted molar refractivity (Wildman–Crippen MR) is 136 cm³/mol. The molecular formula is C21H24BrN4O11P. The summed E-state index contributed by atoms with van der Waals surface area (Å²) in [6, 6.07) is 3.48. The van der Waals surface area contributed by atoms with Gasteiger partial charge in [0.05, 0.1) is 30.3 Å². The van der Waals surface area contributed by atoms with Crippen LogP contribution in [0.15, 0.2) is 45.0 Å². The lowest BCUT2D eigenvalue weighted by molar-refractivity contribution is -0.384. The zero-order chi connectivity index (χ0) is 28.0. The summed E-state index contributed by atoms with van der Waals surface area (Å²) in [6.07, 6.45) is -0.612. The summed E-state index contributed by atoms with van der Waals surface area (Å²) in [5.41, 5.74) is -1.46. The fraction of sp³-hybridized carbons (Fsp3) is 0.381. The number of nitro benzene ring substituents is 1. The first-order valence-electron chi connectivity index (χ1n) is 11.0. The molecule has 15 nitrogen and oxygen atoms in total. The molecule has 2 heterocycles. The standard InChI is InChI=1S/C21H24BrN4O11P/c1-12(20(29)34-2)24-38(33,37-15-5-3-14(4-6-15)26(31)32)35-11-17-16(27)9-18(36-17)25-10-13(7-8-22)19(28)23-21(25)30/h3-8,10,12,16-18,27H,9,11H2,1-2H3,(H,24,33)(H,23,28,30)/b8-7+/t12-,16?,17+,18+,38?/m0/s1. The van der Waals surface area contributed by atoms with Gasteiger partial charge in [0.15, 0.2) is 0 Å². The highest BCUT2D eigenvalue weighted by molar-refractivity contribution is 9.11. The Morgan fingerprint density at radius 2 is 2.11 bits per heavy atom. The normalized spacial score (nSPS) is 21.6. The van der Waals surface area contributed by atoms with Gasteiger partial charge in [-0.25, -0.2) is 9.36 Å². The van der Waals surface area contributed by atoms with Crippen molar-refractivity contribution in [3.05, 3.63) is 72.0 Å². The van der Waals surface area contributed by atoms with Gasteiger partial charge >= 0.3 is 19.4 Å². The van der Waals surface area contributed by atoms with Crippen LogP contribution in [-0.4, -0.2) is 57.5 Å². The number of aromatic amines is 1. The van der Waals surface area contributed by atoms with E-state index in [1.165, 1.54) is 36.3 Å². The van der Waals surface area contributed by atoms with E-state index in [9.17, 15) is 34.2 Å². The molecule has 1 saturated heterocycles. The quantitative estimate of drug-likeness (QED) is 0.143. The molecule has 5 atom stereocenters. The van der Waals surface area contributed by atoms with E-state index >= 15 is 0 Å². The molecule has 206 valence electrons. The van der Waals surface area contributed by atoms with Crippen LogP contribution >= 0.6 is 23.7 Å². The molecule has 0 bridgehead atoms. The van der Waals surface area contributed by atoms with Crippen molar-refractivity contribution < 1.29 is 37.9 Å². The van der Waals surface area contributed by atoms with E-state index in [-0.39, 0.29) is 23.4 Å². The lowest BCUT2D eigenvalue weighted by atomic mass is 10.2. The van der Waals surface area contributed by atoms with Crippen molar-refractivity contribution in [1.29, 1.82) is 0 Å². The first kappa shape index (κ1) is 29.4. The Balaban J connectivity index is 1.78. The number of nitro groups is 1. The second-order valence-corrected chi connectivity index (χ2v) is 10.2. The lowest BCUT2D eigenvalue weighted by Gasteiger charge is -2.24. The average Bonchev–Trinajstić information content (AvgIpc) is 3.24. The molecule has 1 aromatic heterocycles. The third-order valence-electron chi connectivity index (χ3n) is 5.34. The van der Waals surface area contributed by atoms with Crippen molar-refractivity contribution in [2.24, 2.45) is 0 Å². The number of halogens is 1. The van der Waals surface area contributed by atoms with Crippen LogP contribution in [0.25, 0.3) is 6.08 Å². The maximum Gasteiger partial charge on any atom is 0.459 e. The maximum atomic E-state index is 13.5. The Morgan fingerprint density at radius 3 is 2.71 bits per heavy atom. The molecule has 3 rings (SSSR count). The van der Waals surface area contributed by atoms with Gasteiger partial charge in [-0.15, -0.1) is 0 Å². The molecule has 0 aliphatic carbocycles. The van der Waals surface area contributed by atoms with Gasteiger partial charge in [0, 0.05) is 24.8 Å². The topological polar surface area (TPSA) is 201 Å². The molecular weight excluding hydrogens is 595 g/mol. The molecule has 1 aliphatic rings. The summed E-state index contributed by atoms with van der Waals surface area (Å²) in [7, 11) is -3.22. The molecule has 17 heteroatoms. The van der Waals surface area contributed by atoms with Crippen molar-refractivity contribution in [2.75, 3.05) is 13.7 Å². The second kappa shape index (κ2) is 12.6. The van der Waals surface area contributed by atoms with Crippen molar-refractivity contribution in [3.8, 4) is 5.75 Å². The van der Waals surface area contributed by atoms with Gasteiger partial charge < -0.3 is 19.1 Å². The maximum absolute atomic E-state index is 13.5. The van der Waals surface area contributed by atoms with E-state index in [2.05, 4.69) is 30.7 Å².